The van der Waals surface area contributed by atoms with Gasteiger partial charge in [0.2, 0.25) is 5.91 Å². The molecular formula is C40H64N4O9. The summed E-state index contributed by atoms with van der Waals surface area (Å²) in [5, 5.41) is 21.7. The third kappa shape index (κ3) is 14.0. The Hall–Kier alpha value is -3.55. The van der Waals surface area contributed by atoms with Crippen molar-refractivity contribution in [2.75, 3.05) is 39.3 Å². The summed E-state index contributed by atoms with van der Waals surface area (Å²) >= 11 is 0. The van der Waals surface area contributed by atoms with Crippen LogP contribution in [-0.2, 0) is 23.9 Å². The fourth-order valence-electron chi connectivity index (χ4n) is 7.45. The molecule has 0 unspecified atom stereocenters. The summed E-state index contributed by atoms with van der Waals surface area (Å²) in [4.78, 5) is 66.3. The molecule has 13 nitrogen and oxygen atoms in total. The lowest BCUT2D eigenvalue weighted by Crippen LogP contribution is -2.53. The molecule has 1 saturated carbocycles. The van der Waals surface area contributed by atoms with E-state index < -0.39 is 47.9 Å². The maximum Gasteiger partial charge on any atom is 0.410 e. The Bertz CT molecular complexity index is 1280. The Balaban J connectivity index is 1.62. The van der Waals surface area contributed by atoms with Gasteiger partial charge < -0.3 is 39.9 Å². The predicted octanol–water partition coefficient (Wildman–Crippen LogP) is 4.55. The number of ether oxygens (including phenoxy) is 2. The molecular weight excluding hydrogens is 680 g/mol. The summed E-state index contributed by atoms with van der Waals surface area (Å²) in [6, 6.07) is -0.0847. The van der Waals surface area contributed by atoms with E-state index in [2.05, 4.69) is 4.90 Å². The van der Waals surface area contributed by atoms with Gasteiger partial charge in [-0.25, -0.2) is 9.59 Å². The largest absolute Gasteiger partial charge is 0.449 e. The number of aldehydes is 2. The van der Waals surface area contributed by atoms with Gasteiger partial charge in [-0.2, -0.15) is 0 Å². The van der Waals surface area contributed by atoms with E-state index in [1.165, 1.54) is 43.4 Å². The molecule has 0 radical (unpaired) electrons. The van der Waals surface area contributed by atoms with Gasteiger partial charge in [0, 0.05) is 57.0 Å². The van der Waals surface area contributed by atoms with Crippen molar-refractivity contribution in [2.24, 2.45) is 23.5 Å². The molecule has 7 atom stereocenters. The number of carbonyl (C=O) groups is 5. The van der Waals surface area contributed by atoms with Crippen molar-refractivity contribution in [3.8, 4) is 0 Å². The molecule has 0 bridgehead atoms. The highest BCUT2D eigenvalue weighted by molar-refractivity contribution is 5.84. The molecule has 0 spiro atoms. The highest BCUT2D eigenvalue weighted by atomic mass is 16.6. The van der Waals surface area contributed by atoms with Gasteiger partial charge in [-0.15, -0.1) is 0 Å². The summed E-state index contributed by atoms with van der Waals surface area (Å²) in [5.41, 5.74) is 4.63. The fraction of sp³-hybridized carbons (Fsp3) is 0.725. The predicted molar refractivity (Wildman–Crippen MR) is 202 cm³/mol. The van der Waals surface area contributed by atoms with Crippen LogP contribution in [0, 0.1) is 17.8 Å². The number of nitrogens with zero attached hydrogens (tertiary/aromatic N) is 3. The van der Waals surface area contributed by atoms with Crippen LogP contribution in [0.2, 0.25) is 0 Å². The van der Waals surface area contributed by atoms with Crippen LogP contribution >= 0.6 is 0 Å². The standard InChI is InChI=1S/C40H64N4O9/c1-29(28-52-39(50)44-21-10-15-35(44)37(41)48)11-9-12-30(2)34(27-46)31(3)16-17-36(40(4,51)20-18-33(47)19-26-45)53-38(49)43-24-22-42(23-25-43)32-13-7-5-6-8-14-32/h9,11-12,16-17,26-27,29,31-36,47,51H,5-8,10,13-15,18-25,28H2,1-4H3,(H2,41,48)/b11-9+,17-16+,30-12+/t29-,31+,33+,34-,35-,36+,40+/m1/s1. The smallest absolute Gasteiger partial charge is 0.410 e. The van der Waals surface area contributed by atoms with Crippen molar-refractivity contribution < 1.29 is 43.7 Å². The fourth-order valence-corrected chi connectivity index (χ4v) is 7.45. The minimum atomic E-state index is -1.56. The van der Waals surface area contributed by atoms with Gasteiger partial charge >= 0.3 is 12.2 Å². The molecule has 3 rings (SSSR count). The number of allylic oxidation sites excluding steroid dienone is 4. The topological polar surface area (TPSA) is 180 Å². The molecule has 3 amide bonds. The second-order valence-electron chi connectivity index (χ2n) is 15.4. The Morgan fingerprint density at radius 3 is 2.23 bits per heavy atom. The summed E-state index contributed by atoms with van der Waals surface area (Å²) < 4.78 is 11.4. The van der Waals surface area contributed by atoms with Gasteiger partial charge in [0.05, 0.1) is 12.7 Å². The maximum atomic E-state index is 13.5. The SMILES string of the molecule is C/C(=C\C=C\[C@@H](C)COC(=O)N1CCC[C@@H]1C(N)=O)[C@@H](C=O)[C@@H](C)/C=C/[C@H](OC(=O)N1CCN(C2CCCCCC2)CC1)[C@@](C)(O)CC[C@H](O)CC=O. The molecule has 0 aromatic rings. The molecule has 3 fully saturated rings. The maximum absolute atomic E-state index is 13.5. The van der Waals surface area contributed by atoms with Gasteiger partial charge in [0.15, 0.2) is 6.10 Å². The molecule has 13 heteroatoms. The van der Waals surface area contributed by atoms with Crippen molar-refractivity contribution in [1.29, 1.82) is 0 Å². The van der Waals surface area contributed by atoms with Gasteiger partial charge in [0.25, 0.3) is 0 Å². The Kier molecular flexibility index (Phi) is 18.2. The second kappa shape index (κ2) is 22.0. The van der Waals surface area contributed by atoms with Crippen LogP contribution in [-0.4, -0.2) is 125 Å². The lowest BCUT2D eigenvalue weighted by atomic mass is 9.86. The molecule has 53 heavy (non-hydrogen) atoms. The number of likely N-dealkylation sites (tertiary alicyclic amines) is 1. The summed E-state index contributed by atoms with van der Waals surface area (Å²) in [6.07, 6.45) is 16.1. The normalized spacial score (nSPS) is 23.5. The minimum Gasteiger partial charge on any atom is -0.449 e. The lowest BCUT2D eigenvalue weighted by Gasteiger charge is -2.40. The first kappa shape index (κ1) is 43.9. The number of aliphatic hydroxyl groups excluding tert-OH is 1. The van der Waals surface area contributed by atoms with Crippen molar-refractivity contribution in [3.63, 3.8) is 0 Å². The van der Waals surface area contributed by atoms with Gasteiger partial charge in [-0.05, 0) is 64.4 Å². The lowest BCUT2D eigenvalue weighted by molar-refractivity contribution is -0.122. The number of piperazine rings is 1. The van der Waals surface area contributed by atoms with Crippen molar-refractivity contribution in [3.05, 3.63) is 36.0 Å². The quantitative estimate of drug-likeness (QED) is 0.0781. The van der Waals surface area contributed by atoms with E-state index in [1.54, 1.807) is 30.1 Å². The van der Waals surface area contributed by atoms with Crippen LogP contribution in [0.5, 0.6) is 0 Å². The van der Waals surface area contributed by atoms with Crippen LogP contribution in [0.3, 0.4) is 0 Å². The monoisotopic (exact) mass is 744 g/mol. The molecule has 2 heterocycles. The number of primary amides is 1. The first-order valence-electron chi connectivity index (χ1n) is 19.5. The first-order valence-corrected chi connectivity index (χ1v) is 19.5. The van der Waals surface area contributed by atoms with Crippen LogP contribution < -0.4 is 5.73 Å². The second-order valence-corrected chi connectivity index (χ2v) is 15.4. The molecule has 1 aliphatic carbocycles. The molecule has 2 aliphatic heterocycles. The third-order valence-electron chi connectivity index (χ3n) is 11.0. The molecule has 3 aliphatic rings. The highest BCUT2D eigenvalue weighted by Crippen LogP contribution is 2.28. The van der Waals surface area contributed by atoms with E-state index in [0.29, 0.717) is 44.8 Å². The van der Waals surface area contributed by atoms with Crippen LogP contribution in [0.1, 0.15) is 98.3 Å². The summed E-state index contributed by atoms with van der Waals surface area (Å²) in [5.74, 6) is -1.51. The zero-order valence-corrected chi connectivity index (χ0v) is 32.3. The number of amides is 3. The number of rotatable bonds is 18. The van der Waals surface area contributed by atoms with Gasteiger partial charge in [-0.3, -0.25) is 14.6 Å². The van der Waals surface area contributed by atoms with Crippen molar-refractivity contribution in [1.82, 2.24) is 14.7 Å². The zero-order valence-electron chi connectivity index (χ0n) is 32.3. The average Bonchev–Trinajstić information content (AvgIpc) is 3.48. The number of aliphatic hydroxyl groups is 2. The van der Waals surface area contributed by atoms with E-state index in [-0.39, 0.29) is 37.7 Å². The molecule has 2 saturated heterocycles. The van der Waals surface area contributed by atoms with Crippen molar-refractivity contribution in [2.45, 2.75) is 128 Å². The van der Waals surface area contributed by atoms with E-state index in [9.17, 15) is 34.2 Å². The summed E-state index contributed by atoms with van der Waals surface area (Å²) in [6.45, 7) is 10.3. The summed E-state index contributed by atoms with van der Waals surface area (Å²) in [7, 11) is 0. The molecule has 0 aromatic heterocycles. The van der Waals surface area contributed by atoms with Crippen molar-refractivity contribution >= 4 is 30.7 Å². The number of nitrogens with two attached hydrogens (primary N) is 1. The minimum absolute atomic E-state index is 0.0559. The van der Waals surface area contributed by atoms with E-state index in [0.717, 1.165) is 24.9 Å². The van der Waals surface area contributed by atoms with E-state index in [4.69, 9.17) is 15.2 Å². The van der Waals surface area contributed by atoms with Gasteiger partial charge in [0.1, 0.15) is 24.2 Å². The molecule has 0 aromatic carbocycles. The zero-order chi connectivity index (χ0) is 39.0. The van der Waals surface area contributed by atoms with Crippen LogP contribution in [0.15, 0.2) is 36.0 Å². The van der Waals surface area contributed by atoms with Crippen LogP contribution in [0.4, 0.5) is 9.59 Å². The highest BCUT2D eigenvalue weighted by Gasteiger charge is 2.37. The third-order valence-corrected chi connectivity index (χ3v) is 11.0. The van der Waals surface area contributed by atoms with E-state index in [1.807, 2.05) is 32.9 Å². The van der Waals surface area contributed by atoms with Crippen LogP contribution in [0.25, 0.3) is 0 Å². The Morgan fingerprint density at radius 2 is 1.60 bits per heavy atom. The molecule has 4 N–H and O–H groups in total. The Labute approximate surface area is 315 Å². The Morgan fingerprint density at radius 1 is 0.925 bits per heavy atom. The molecule has 298 valence electrons. The first-order chi connectivity index (χ1) is 25.3. The number of hydrogen-bond donors (Lipinski definition) is 3. The number of hydrogen-bond acceptors (Lipinski definition) is 10. The van der Waals surface area contributed by atoms with Gasteiger partial charge in [-0.1, -0.05) is 69.4 Å². The number of carbonyl (C=O) groups excluding carboxylic acids is 5. The van der Waals surface area contributed by atoms with E-state index >= 15 is 0 Å². The average molecular weight is 745 g/mol.